The third-order valence-corrected chi connectivity index (χ3v) is 3.24. The molecule has 2 rings (SSSR count). The van der Waals surface area contributed by atoms with Crippen LogP contribution in [0.1, 0.15) is 41.2 Å². The largest absolute Gasteiger partial charge is 0.361 e. The van der Waals surface area contributed by atoms with Gasteiger partial charge in [0.1, 0.15) is 11.3 Å². The smallest absolute Gasteiger partial charge is 0.259 e. The molecule has 2 aromatic heterocycles. The molecule has 0 bridgehead atoms. The lowest BCUT2D eigenvalue weighted by Crippen LogP contribution is -2.36. The molecule has 0 atom stereocenters. The van der Waals surface area contributed by atoms with Gasteiger partial charge in [0, 0.05) is 31.4 Å². The lowest BCUT2D eigenvalue weighted by atomic mass is 10.1. The molecule has 6 nitrogen and oxygen atoms in total. The summed E-state index contributed by atoms with van der Waals surface area (Å²) >= 11 is 0. The number of carbonyl (C=O) groups excluding carboxylic acids is 1. The highest BCUT2D eigenvalue weighted by Gasteiger charge is 2.25. The van der Waals surface area contributed by atoms with Crippen molar-refractivity contribution < 1.29 is 9.32 Å². The van der Waals surface area contributed by atoms with Crippen molar-refractivity contribution in [1.82, 2.24) is 19.8 Å². The SMILES string of the molecule is Cc1noc(C)c1C(=O)N(Cc1cnn(C)c1)C(C)C. The van der Waals surface area contributed by atoms with Gasteiger partial charge in [0.2, 0.25) is 0 Å². The molecule has 1 amide bonds. The first kappa shape index (κ1) is 14.3. The molecule has 0 unspecified atom stereocenters. The highest BCUT2D eigenvalue weighted by molar-refractivity contribution is 5.96. The monoisotopic (exact) mass is 276 g/mol. The summed E-state index contributed by atoms with van der Waals surface area (Å²) in [5.74, 6) is 0.504. The summed E-state index contributed by atoms with van der Waals surface area (Å²) in [5.41, 5.74) is 2.19. The Kier molecular flexibility index (Phi) is 3.92. The van der Waals surface area contributed by atoms with E-state index in [1.807, 2.05) is 27.1 Å². The van der Waals surface area contributed by atoms with Crippen LogP contribution in [0.15, 0.2) is 16.9 Å². The summed E-state index contributed by atoms with van der Waals surface area (Å²) in [4.78, 5) is 14.5. The lowest BCUT2D eigenvalue weighted by molar-refractivity contribution is 0.0688. The molecule has 108 valence electrons. The van der Waals surface area contributed by atoms with E-state index in [1.54, 1.807) is 29.6 Å². The van der Waals surface area contributed by atoms with Gasteiger partial charge in [-0.3, -0.25) is 9.48 Å². The second-order valence-corrected chi connectivity index (χ2v) is 5.25. The van der Waals surface area contributed by atoms with Crippen molar-refractivity contribution in [2.45, 2.75) is 40.3 Å². The average Bonchev–Trinajstić information content (AvgIpc) is 2.92. The first-order valence-electron chi connectivity index (χ1n) is 6.61. The van der Waals surface area contributed by atoms with Gasteiger partial charge in [0.15, 0.2) is 0 Å². The van der Waals surface area contributed by atoms with Crippen LogP contribution in [0.4, 0.5) is 0 Å². The van der Waals surface area contributed by atoms with Crippen molar-refractivity contribution in [1.29, 1.82) is 0 Å². The van der Waals surface area contributed by atoms with Crippen molar-refractivity contribution in [3.05, 3.63) is 35.0 Å². The lowest BCUT2D eigenvalue weighted by Gasteiger charge is -2.26. The maximum absolute atomic E-state index is 12.7. The zero-order valence-electron chi connectivity index (χ0n) is 12.5. The predicted octanol–water partition coefficient (Wildman–Crippen LogP) is 2.08. The minimum atomic E-state index is -0.0555. The van der Waals surface area contributed by atoms with E-state index < -0.39 is 0 Å². The fourth-order valence-corrected chi connectivity index (χ4v) is 2.17. The molecule has 20 heavy (non-hydrogen) atoms. The van der Waals surface area contributed by atoms with E-state index in [4.69, 9.17) is 4.52 Å². The second-order valence-electron chi connectivity index (χ2n) is 5.25. The molecule has 0 saturated carbocycles. The van der Waals surface area contributed by atoms with Gasteiger partial charge < -0.3 is 9.42 Å². The topological polar surface area (TPSA) is 64.2 Å². The summed E-state index contributed by atoms with van der Waals surface area (Å²) in [7, 11) is 1.86. The van der Waals surface area contributed by atoms with Gasteiger partial charge in [0.25, 0.3) is 5.91 Å². The van der Waals surface area contributed by atoms with E-state index in [9.17, 15) is 4.79 Å². The zero-order valence-corrected chi connectivity index (χ0v) is 12.5. The Balaban J connectivity index is 2.27. The van der Waals surface area contributed by atoms with Crippen LogP contribution in [0, 0.1) is 13.8 Å². The fourth-order valence-electron chi connectivity index (χ4n) is 2.17. The summed E-state index contributed by atoms with van der Waals surface area (Å²) in [6.45, 7) is 8.05. The first-order chi connectivity index (χ1) is 9.40. The van der Waals surface area contributed by atoms with Crippen molar-refractivity contribution in [3.63, 3.8) is 0 Å². The number of amides is 1. The van der Waals surface area contributed by atoms with Crippen LogP contribution in [0.3, 0.4) is 0 Å². The Morgan fingerprint density at radius 3 is 2.60 bits per heavy atom. The van der Waals surface area contributed by atoms with Crippen molar-refractivity contribution >= 4 is 5.91 Å². The van der Waals surface area contributed by atoms with Crippen LogP contribution in [0.2, 0.25) is 0 Å². The Morgan fingerprint density at radius 2 is 2.15 bits per heavy atom. The molecule has 0 spiro atoms. The van der Waals surface area contributed by atoms with Crippen LogP contribution in [-0.4, -0.2) is 31.8 Å². The molecule has 6 heteroatoms. The molecule has 0 aliphatic carbocycles. The molecule has 0 radical (unpaired) electrons. The van der Waals surface area contributed by atoms with E-state index >= 15 is 0 Å². The Bertz CT molecular complexity index is 593. The number of aryl methyl sites for hydroxylation is 3. The van der Waals surface area contributed by atoms with Gasteiger partial charge >= 0.3 is 0 Å². The van der Waals surface area contributed by atoms with Gasteiger partial charge in [-0.25, -0.2) is 0 Å². The van der Waals surface area contributed by atoms with Gasteiger partial charge in [-0.15, -0.1) is 0 Å². The minimum Gasteiger partial charge on any atom is -0.361 e. The number of carbonyl (C=O) groups is 1. The van der Waals surface area contributed by atoms with Gasteiger partial charge in [0.05, 0.1) is 11.9 Å². The van der Waals surface area contributed by atoms with E-state index in [1.165, 1.54) is 0 Å². The first-order valence-corrected chi connectivity index (χ1v) is 6.61. The minimum absolute atomic E-state index is 0.0555. The van der Waals surface area contributed by atoms with Crippen molar-refractivity contribution in [2.24, 2.45) is 7.05 Å². The van der Waals surface area contributed by atoms with Gasteiger partial charge in [-0.1, -0.05) is 5.16 Å². The third-order valence-electron chi connectivity index (χ3n) is 3.24. The predicted molar refractivity (Wildman–Crippen MR) is 74.2 cm³/mol. The number of hydrogen-bond donors (Lipinski definition) is 0. The molecule has 0 aliphatic rings. The fraction of sp³-hybridized carbons (Fsp3) is 0.500. The maximum Gasteiger partial charge on any atom is 0.259 e. The zero-order chi connectivity index (χ0) is 14.9. The van der Waals surface area contributed by atoms with E-state index in [-0.39, 0.29) is 11.9 Å². The molecule has 2 heterocycles. The van der Waals surface area contributed by atoms with Crippen LogP contribution in [-0.2, 0) is 13.6 Å². The van der Waals surface area contributed by atoms with Gasteiger partial charge in [-0.2, -0.15) is 5.10 Å². The van der Waals surface area contributed by atoms with E-state index in [0.29, 0.717) is 23.6 Å². The molecule has 0 saturated heterocycles. The van der Waals surface area contributed by atoms with Crippen LogP contribution in [0.5, 0.6) is 0 Å². The van der Waals surface area contributed by atoms with Gasteiger partial charge in [-0.05, 0) is 27.7 Å². The number of aromatic nitrogens is 3. The normalized spacial score (nSPS) is 11.1. The summed E-state index contributed by atoms with van der Waals surface area (Å²) < 4.78 is 6.82. The summed E-state index contributed by atoms with van der Waals surface area (Å²) in [5, 5.41) is 7.99. The second kappa shape index (κ2) is 5.48. The molecule has 0 fully saturated rings. The highest BCUT2D eigenvalue weighted by atomic mass is 16.5. The molecule has 0 N–H and O–H groups in total. The molecule has 0 aliphatic heterocycles. The van der Waals surface area contributed by atoms with Crippen LogP contribution >= 0.6 is 0 Å². The van der Waals surface area contributed by atoms with Crippen LogP contribution in [0.25, 0.3) is 0 Å². The Labute approximate surface area is 118 Å². The van der Waals surface area contributed by atoms with E-state index in [0.717, 1.165) is 5.56 Å². The molecule has 2 aromatic rings. The third kappa shape index (κ3) is 2.74. The molecule has 0 aromatic carbocycles. The Hall–Kier alpha value is -2.11. The summed E-state index contributed by atoms with van der Waals surface area (Å²) in [6.07, 6.45) is 3.69. The maximum atomic E-state index is 12.7. The number of hydrogen-bond acceptors (Lipinski definition) is 4. The average molecular weight is 276 g/mol. The van der Waals surface area contributed by atoms with Crippen LogP contribution < -0.4 is 0 Å². The quantitative estimate of drug-likeness (QED) is 0.857. The van der Waals surface area contributed by atoms with Crippen molar-refractivity contribution in [2.75, 3.05) is 0 Å². The number of rotatable bonds is 4. The molecular formula is C14H20N4O2. The highest BCUT2D eigenvalue weighted by Crippen LogP contribution is 2.18. The standard InChI is InChI=1S/C14H20N4O2/c1-9(2)18(8-12-6-15-17(5)7-12)14(19)13-10(3)16-20-11(13)4/h6-7,9H,8H2,1-5H3. The Morgan fingerprint density at radius 1 is 1.45 bits per heavy atom. The molecular weight excluding hydrogens is 256 g/mol. The number of nitrogens with zero attached hydrogens (tertiary/aromatic N) is 4. The summed E-state index contributed by atoms with van der Waals surface area (Å²) in [6, 6.07) is 0.0800. The van der Waals surface area contributed by atoms with E-state index in [2.05, 4.69) is 10.3 Å². The van der Waals surface area contributed by atoms with Crippen molar-refractivity contribution in [3.8, 4) is 0 Å².